The van der Waals surface area contributed by atoms with Gasteiger partial charge in [-0.05, 0) is 47.5 Å². The van der Waals surface area contributed by atoms with E-state index in [1.54, 1.807) is 12.1 Å². The van der Waals surface area contributed by atoms with E-state index in [0.717, 1.165) is 11.9 Å². The largest absolute Gasteiger partial charge is 0.508 e. The van der Waals surface area contributed by atoms with E-state index < -0.39 is 0 Å². The molecule has 2 aromatic rings. The number of benzene rings is 2. The molecule has 3 heteroatoms. The van der Waals surface area contributed by atoms with Crippen molar-refractivity contribution < 1.29 is 5.11 Å². The number of aromatic hydroxyl groups is 1. The Morgan fingerprint density at radius 1 is 1.06 bits per heavy atom. The average molecular weight is 236 g/mol. The molecule has 1 fully saturated rings. The molecular weight excluding hydrogens is 222 g/mol. The van der Waals surface area contributed by atoms with Crippen molar-refractivity contribution >= 4 is 23.2 Å². The first-order valence-electron chi connectivity index (χ1n) is 5.29. The van der Waals surface area contributed by atoms with E-state index in [2.05, 4.69) is 23.5 Å². The van der Waals surface area contributed by atoms with Crippen LogP contribution < -0.4 is 5.32 Å². The van der Waals surface area contributed by atoms with Gasteiger partial charge in [-0.2, -0.15) is 0 Å². The van der Waals surface area contributed by atoms with E-state index in [4.69, 9.17) is 0 Å². The smallest absolute Gasteiger partial charge is 0.116 e. The van der Waals surface area contributed by atoms with Crippen LogP contribution in [0, 0.1) is 0 Å². The van der Waals surface area contributed by atoms with Gasteiger partial charge in [0.1, 0.15) is 5.75 Å². The summed E-state index contributed by atoms with van der Waals surface area (Å²) >= 11 is 0. The Morgan fingerprint density at radius 2 is 1.75 bits per heavy atom. The standard InChI is InChI=1S/C13H13NO.ClH/c15-12-4-3-9-7-11(13-5-6-14-13)2-1-10(9)8-12;/h1-4,7-8,13-15H,5-6H2;1H/t13-;/m0./s1. The molecule has 0 bridgehead atoms. The zero-order chi connectivity index (χ0) is 10.3. The van der Waals surface area contributed by atoms with Gasteiger partial charge in [-0.15, -0.1) is 12.4 Å². The minimum atomic E-state index is 0. The Labute approximate surface area is 101 Å². The maximum Gasteiger partial charge on any atom is 0.116 e. The van der Waals surface area contributed by atoms with Crippen LogP contribution in [0.15, 0.2) is 36.4 Å². The van der Waals surface area contributed by atoms with E-state index in [0.29, 0.717) is 11.8 Å². The average Bonchev–Trinajstić information content (AvgIpc) is 2.15. The molecule has 2 N–H and O–H groups in total. The van der Waals surface area contributed by atoms with Crippen molar-refractivity contribution in [3.05, 3.63) is 42.0 Å². The monoisotopic (exact) mass is 235 g/mol. The SMILES string of the molecule is Cl.Oc1ccc2cc([C@@H]3CCN3)ccc2c1. The van der Waals surface area contributed by atoms with Crippen LogP contribution in [0.5, 0.6) is 5.75 Å². The molecule has 84 valence electrons. The third-order valence-corrected chi connectivity index (χ3v) is 3.07. The van der Waals surface area contributed by atoms with Crippen molar-refractivity contribution in [2.75, 3.05) is 6.54 Å². The summed E-state index contributed by atoms with van der Waals surface area (Å²) in [6, 6.07) is 12.4. The zero-order valence-corrected chi connectivity index (χ0v) is 9.63. The minimum absolute atomic E-state index is 0. The third kappa shape index (κ3) is 1.86. The molecule has 2 aromatic carbocycles. The number of halogens is 1. The maximum atomic E-state index is 9.35. The van der Waals surface area contributed by atoms with Crippen molar-refractivity contribution in [1.29, 1.82) is 0 Å². The zero-order valence-electron chi connectivity index (χ0n) is 8.81. The van der Waals surface area contributed by atoms with Crippen molar-refractivity contribution in [2.24, 2.45) is 0 Å². The molecule has 0 saturated carbocycles. The highest BCUT2D eigenvalue weighted by atomic mass is 35.5. The molecular formula is C13H14ClNO. The fraction of sp³-hybridized carbons (Fsp3) is 0.231. The van der Waals surface area contributed by atoms with Gasteiger partial charge in [-0.3, -0.25) is 0 Å². The minimum Gasteiger partial charge on any atom is -0.508 e. The van der Waals surface area contributed by atoms with Crippen molar-refractivity contribution in [3.63, 3.8) is 0 Å². The van der Waals surface area contributed by atoms with Gasteiger partial charge < -0.3 is 10.4 Å². The van der Waals surface area contributed by atoms with Crippen LogP contribution in [0.25, 0.3) is 10.8 Å². The quantitative estimate of drug-likeness (QED) is 0.797. The Morgan fingerprint density at radius 3 is 2.44 bits per heavy atom. The third-order valence-electron chi connectivity index (χ3n) is 3.07. The first kappa shape index (κ1) is 11.2. The molecule has 1 aliphatic heterocycles. The van der Waals surface area contributed by atoms with Gasteiger partial charge in [-0.1, -0.05) is 18.2 Å². The fourth-order valence-corrected chi connectivity index (χ4v) is 2.04. The lowest BCUT2D eigenvalue weighted by molar-refractivity contribution is 0.383. The molecule has 1 saturated heterocycles. The van der Waals surface area contributed by atoms with E-state index in [1.807, 2.05) is 6.07 Å². The summed E-state index contributed by atoms with van der Waals surface area (Å²) < 4.78 is 0. The highest BCUT2D eigenvalue weighted by molar-refractivity contribution is 5.85. The van der Waals surface area contributed by atoms with Gasteiger partial charge in [0.25, 0.3) is 0 Å². The summed E-state index contributed by atoms with van der Waals surface area (Å²) in [4.78, 5) is 0. The van der Waals surface area contributed by atoms with Gasteiger partial charge in [0, 0.05) is 6.04 Å². The lowest BCUT2D eigenvalue weighted by atomic mass is 9.95. The number of hydrogen-bond donors (Lipinski definition) is 2. The Hall–Kier alpha value is -1.25. The van der Waals surface area contributed by atoms with Crippen molar-refractivity contribution in [3.8, 4) is 5.75 Å². The van der Waals surface area contributed by atoms with Crippen LogP contribution in [0.3, 0.4) is 0 Å². The summed E-state index contributed by atoms with van der Waals surface area (Å²) in [5.41, 5.74) is 1.35. The molecule has 3 rings (SSSR count). The summed E-state index contributed by atoms with van der Waals surface area (Å²) in [6.07, 6.45) is 1.23. The number of fused-ring (bicyclic) bond motifs is 1. The van der Waals surface area contributed by atoms with Crippen LogP contribution in [-0.4, -0.2) is 11.7 Å². The van der Waals surface area contributed by atoms with E-state index in [-0.39, 0.29) is 12.4 Å². The summed E-state index contributed by atoms with van der Waals surface area (Å²) in [6.45, 7) is 1.12. The van der Waals surface area contributed by atoms with Gasteiger partial charge in [0.2, 0.25) is 0 Å². The molecule has 0 aliphatic carbocycles. The number of phenols is 1. The molecule has 0 aromatic heterocycles. The van der Waals surface area contributed by atoms with Crippen LogP contribution in [0.2, 0.25) is 0 Å². The van der Waals surface area contributed by atoms with Gasteiger partial charge in [0.15, 0.2) is 0 Å². The van der Waals surface area contributed by atoms with E-state index in [1.165, 1.54) is 17.4 Å². The lowest BCUT2D eigenvalue weighted by Gasteiger charge is -2.28. The Balaban J connectivity index is 0.000000963. The molecule has 2 nitrogen and oxygen atoms in total. The molecule has 16 heavy (non-hydrogen) atoms. The van der Waals surface area contributed by atoms with Gasteiger partial charge in [0.05, 0.1) is 0 Å². The van der Waals surface area contributed by atoms with Crippen molar-refractivity contribution in [1.82, 2.24) is 5.32 Å². The van der Waals surface area contributed by atoms with E-state index >= 15 is 0 Å². The van der Waals surface area contributed by atoms with E-state index in [9.17, 15) is 5.11 Å². The highest BCUT2D eigenvalue weighted by Crippen LogP contribution is 2.27. The van der Waals surface area contributed by atoms with Crippen LogP contribution in [0.4, 0.5) is 0 Å². The summed E-state index contributed by atoms with van der Waals surface area (Å²) in [5, 5.41) is 15.0. The first-order valence-corrected chi connectivity index (χ1v) is 5.29. The predicted molar refractivity (Wildman–Crippen MR) is 68.2 cm³/mol. The molecule has 1 atom stereocenters. The predicted octanol–water partition coefficient (Wildman–Crippen LogP) is 3.00. The van der Waals surface area contributed by atoms with Gasteiger partial charge in [-0.25, -0.2) is 0 Å². The van der Waals surface area contributed by atoms with Crippen LogP contribution in [-0.2, 0) is 0 Å². The number of phenolic OH excluding ortho intramolecular Hbond substituents is 1. The maximum absolute atomic E-state index is 9.35. The number of nitrogens with one attached hydrogen (secondary N) is 1. The molecule has 0 spiro atoms. The summed E-state index contributed by atoms with van der Waals surface area (Å²) in [5.74, 6) is 0.331. The van der Waals surface area contributed by atoms with Crippen LogP contribution in [0.1, 0.15) is 18.0 Å². The lowest BCUT2D eigenvalue weighted by Crippen LogP contribution is -2.34. The molecule has 0 amide bonds. The molecule has 1 heterocycles. The second kappa shape index (κ2) is 4.32. The Kier molecular flexibility index (Phi) is 3.03. The normalized spacial score (nSPS) is 18.9. The van der Waals surface area contributed by atoms with Crippen LogP contribution >= 0.6 is 12.4 Å². The Bertz CT molecular complexity index is 508. The highest BCUT2D eigenvalue weighted by Gasteiger charge is 2.18. The second-order valence-corrected chi connectivity index (χ2v) is 4.09. The topological polar surface area (TPSA) is 32.3 Å². The molecule has 0 unspecified atom stereocenters. The first-order chi connectivity index (χ1) is 7.33. The fourth-order valence-electron chi connectivity index (χ4n) is 2.04. The summed E-state index contributed by atoms with van der Waals surface area (Å²) in [7, 11) is 0. The number of rotatable bonds is 1. The van der Waals surface area contributed by atoms with Crippen molar-refractivity contribution in [2.45, 2.75) is 12.5 Å². The molecule has 0 radical (unpaired) electrons. The number of hydrogen-bond acceptors (Lipinski definition) is 2. The van der Waals surface area contributed by atoms with Gasteiger partial charge >= 0.3 is 0 Å². The second-order valence-electron chi connectivity index (χ2n) is 4.09. The molecule has 1 aliphatic rings.